The van der Waals surface area contributed by atoms with Crippen LogP contribution in [0.1, 0.15) is 19.4 Å². The lowest BCUT2D eigenvalue weighted by molar-refractivity contribution is 0.957. The lowest BCUT2D eigenvalue weighted by Gasteiger charge is -2.04. The van der Waals surface area contributed by atoms with Crippen LogP contribution in [0.5, 0.6) is 0 Å². The van der Waals surface area contributed by atoms with E-state index in [9.17, 15) is 0 Å². The molecule has 0 aromatic heterocycles. The zero-order valence-corrected chi connectivity index (χ0v) is 7.09. The van der Waals surface area contributed by atoms with Crippen LogP contribution < -0.4 is 5.73 Å². The van der Waals surface area contributed by atoms with Crippen LogP contribution in [0.4, 0.5) is 5.69 Å². The van der Waals surface area contributed by atoms with Crippen molar-refractivity contribution in [2.24, 2.45) is 0 Å². The highest BCUT2D eigenvalue weighted by atomic mass is 14.5. The Morgan fingerprint density at radius 3 is 2.64 bits per heavy atom. The number of benzene rings is 1. The van der Waals surface area contributed by atoms with Crippen LogP contribution in [0.3, 0.4) is 0 Å². The Labute approximate surface area is 68.2 Å². The van der Waals surface area contributed by atoms with Crippen LogP contribution in [-0.4, -0.2) is 0 Å². The van der Waals surface area contributed by atoms with Gasteiger partial charge in [-0.3, -0.25) is 0 Å². The van der Waals surface area contributed by atoms with Crippen molar-refractivity contribution in [3.05, 3.63) is 35.7 Å². The van der Waals surface area contributed by atoms with Gasteiger partial charge in [0.15, 0.2) is 0 Å². The number of hydrogen-bond acceptors (Lipinski definition) is 1. The minimum absolute atomic E-state index is 0.851. The second kappa shape index (κ2) is 3.42. The molecule has 0 saturated carbocycles. The van der Waals surface area contributed by atoms with Gasteiger partial charge in [0.05, 0.1) is 0 Å². The van der Waals surface area contributed by atoms with Crippen molar-refractivity contribution >= 4 is 5.69 Å². The topological polar surface area (TPSA) is 26.0 Å². The maximum atomic E-state index is 5.63. The Balaban J connectivity index is 2.71. The van der Waals surface area contributed by atoms with Crippen molar-refractivity contribution < 1.29 is 0 Å². The molecule has 0 spiro atoms. The third kappa shape index (κ3) is 2.62. The molecule has 1 heteroatoms. The number of nitrogens with two attached hydrogens (primary N) is 1. The standard InChI is InChI=1S/C10H14N/c1-8(2)6-9-4-3-5-10(11)7-9/h3-5,7H,6,11H2,1-2H3. The number of anilines is 1. The summed E-state index contributed by atoms with van der Waals surface area (Å²) in [5.74, 6) is 1.41. The highest BCUT2D eigenvalue weighted by molar-refractivity contribution is 5.41. The molecular weight excluding hydrogens is 134 g/mol. The number of nitrogen functional groups attached to an aromatic ring is 1. The highest BCUT2D eigenvalue weighted by Gasteiger charge is 1.96. The van der Waals surface area contributed by atoms with Gasteiger partial charge < -0.3 is 5.73 Å². The first kappa shape index (κ1) is 8.12. The zero-order chi connectivity index (χ0) is 8.27. The monoisotopic (exact) mass is 148 g/mol. The molecule has 0 atom stereocenters. The summed E-state index contributed by atoms with van der Waals surface area (Å²) in [6.07, 6.45) is 1.03. The van der Waals surface area contributed by atoms with Crippen molar-refractivity contribution in [1.29, 1.82) is 0 Å². The molecule has 0 unspecified atom stereocenters. The molecule has 0 heterocycles. The molecular formula is C10H14N. The van der Waals surface area contributed by atoms with Gasteiger partial charge in [-0.25, -0.2) is 0 Å². The fraction of sp³-hybridized carbons (Fsp3) is 0.300. The van der Waals surface area contributed by atoms with E-state index in [0.29, 0.717) is 0 Å². The first-order valence-electron chi connectivity index (χ1n) is 3.82. The van der Waals surface area contributed by atoms with E-state index in [2.05, 4.69) is 19.9 Å². The van der Waals surface area contributed by atoms with Crippen LogP contribution in [0, 0.1) is 5.92 Å². The summed E-state index contributed by atoms with van der Waals surface area (Å²) in [6.45, 7) is 4.26. The van der Waals surface area contributed by atoms with Crippen molar-refractivity contribution in [3.8, 4) is 0 Å². The Bertz CT molecular complexity index is 228. The van der Waals surface area contributed by atoms with Gasteiger partial charge in [0.1, 0.15) is 0 Å². The molecule has 0 saturated heterocycles. The molecule has 1 rings (SSSR count). The summed E-state index contributed by atoms with van der Waals surface area (Å²) in [7, 11) is 0. The molecule has 0 bridgehead atoms. The van der Waals surface area contributed by atoms with E-state index in [0.717, 1.165) is 12.1 Å². The minimum atomic E-state index is 0.851. The maximum Gasteiger partial charge on any atom is 0.0316 e. The molecule has 11 heavy (non-hydrogen) atoms. The smallest absolute Gasteiger partial charge is 0.0316 e. The van der Waals surface area contributed by atoms with Crippen molar-refractivity contribution in [3.63, 3.8) is 0 Å². The van der Waals surface area contributed by atoms with E-state index < -0.39 is 0 Å². The molecule has 0 aliphatic heterocycles. The number of hydrogen-bond donors (Lipinski definition) is 1. The highest BCUT2D eigenvalue weighted by Crippen LogP contribution is 2.12. The predicted octanol–water partition coefficient (Wildman–Crippen LogP) is 2.43. The predicted molar refractivity (Wildman–Crippen MR) is 49.1 cm³/mol. The second-order valence-electron chi connectivity index (χ2n) is 3.13. The molecule has 1 radical (unpaired) electrons. The molecule has 1 aromatic carbocycles. The molecule has 0 aliphatic carbocycles. The molecule has 2 N–H and O–H groups in total. The minimum Gasteiger partial charge on any atom is -0.399 e. The van der Waals surface area contributed by atoms with Crippen LogP contribution in [0.15, 0.2) is 24.3 Å². The van der Waals surface area contributed by atoms with E-state index in [4.69, 9.17) is 5.73 Å². The molecule has 1 aromatic rings. The number of rotatable bonds is 2. The van der Waals surface area contributed by atoms with E-state index in [1.54, 1.807) is 0 Å². The Hall–Kier alpha value is -0.980. The van der Waals surface area contributed by atoms with Gasteiger partial charge in [0.2, 0.25) is 0 Å². The maximum absolute atomic E-state index is 5.63. The normalized spacial score (nSPS) is 10.5. The summed E-state index contributed by atoms with van der Waals surface area (Å²) in [5.41, 5.74) is 7.77. The van der Waals surface area contributed by atoms with Crippen molar-refractivity contribution in [2.75, 3.05) is 5.73 Å². The average molecular weight is 148 g/mol. The molecule has 0 aliphatic rings. The van der Waals surface area contributed by atoms with E-state index in [-0.39, 0.29) is 0 Å². The van der Waals surface area contributed by atoms with E-state index in [1.165, 1.54) is 11.5 Å². The lowest BCUT2D eigenvalue weighted by Crippen LogP contribution is -1.93. The van der Waals surface area contributed by atoms with Crippen LogP contribution >= 0.6 is 0 Å². The largest absolute Gasteiger partial charge is 0.399 e. The Morgan fingerprint density at radius 1 is 1.36 bits per heavy atom. The van der Waals surface area contributed by atoms with Gasteiger partial charge in [-0.2, -0.15) is 0 Å². The molecule has 1 nitrogen and oxygen atoms in total. The van der Waals surface area contributed by atoms with Crippen molar-refractivity contribution in [2.45, 2.75) is 20.3 Å². The summed E-state index contributed by atoms with van der Waals surface area (Å²) in [6, 6.07) is 8.03. The molecule has 0 amide bonds. The second-order valence-corrected chi connectivity index (χ2v) is 3.13. The fourth-order valence-electron chi connectivity index (χ4n) is 1.11. The lowest BCUT2D eigenvalue weighted by atomic mass is 10.0. The summed E-state index contributed by atoms with van der Waals surface area (Å²) in [5, 5.41) is 0. The summed E-state index contributed by atoms with van der Waals surface area (Å²) < 4.78 is 0. The van der Waals surface area contributed by atoms with Gasteiger partial charge in [-0.1, -0.05) is 26.0 Å². The SMILES string of the molecule is C[C](C)Cc1cccc(N)c1. The Morgan fingerprint density at radius 2 is 2.09 bits per heavy atom. The molecule has 59 valence electrons. The van der Waals surface area contributed by atoms with Crippen LogP contribution in [0.25, 0.3) is 0 Å². The first-order valence-corrected chi connectivity index (χ1v) is 3.82. The van der Waals surface area contributed by atoms with Gasteiger partial charge in [-0.15, -0.1) is 0 Å². The molecule has 0 fully saturated rings. The van der Waals surface area contributed by atoms with Gasteiger partial charge in [-0.05, 0) is 30.0 Å². The third-order valence-electron chi connectivity index (χ3n) is 1.51. The summed E-state index contributed by atoms with van der Waals surface area (Å²) >= 11 is 0. The first-order chi connectivity index (χ1) is 5.18. The summed E-state index contributed by atoms with van der Waals surface area (Å²) in [4.78, 5) is 0. The zero-order valence-electron chi connectivity index (χ0n) is 7.09. The Kier molecular flexibility index (Phi) is 2.53. The van der Waals surface area contributed by atoms with Gasteiger partial charge in [0, 0.05) is 5.69 Å². The fourth-order valence-corrected chi connectivity index (χ4v) is 1.11. The van der Waals surface area contributed by atoms with E-state index in [1.807, 2.05) is 18.2 Å². The van der Waals surface area contributed by atoms with Gasteiger partial charge in [0.25, 0.3) is 0 Å². The van der Waals surface area contributed by atoms with Crippen LogP contribution in [0.2, 0.25) is 0 Å². The average Bonchev–Trinajstić information content (AvgIpc) is 1.85. The quantitative estimate of drug-likeness (QED) is 0.640. The van der Waals surface area contributed by atoms with Gasteiger partial charge >= 0.3 is 0 Å². The van der Waals surface area contributed by atoms with E-state index >= 15 is 0 Å². The van der Waals surface area contributed by atoms with Crippen molar-refractivity contribution in [1.82, 2.24) is 0 Å². The van der Waals surface area contributed by atoms with Crippen LogP contribution in [-0.2, 0) is 6.42 Å². The third-order valence-corrected chi connectivity index (χ3v) is 1.51.